The van der Waals surface area contributed by atoms with Crippen molar-refractivity contribution in [3.8, 4) is 0 Å². The van der Waals surface area contributed by atoms with Crippen LogP contribution in [0.5, 0.6) is 0 Å². The number of aliphatic hydroxyl groups is 1. The topological polar surface area (TPSA) is 46.2 Å². The van der Waals surface area contributed by atoms with Crippen LogP contribution in [-0.2, 0) is 0 Å². The molecule has 3 heteroatoms. The van der Waals surface area contributed by atoms with Gasteiger partial charge >= 0.3 is 0 Å². The Morgan fingerprint density at radius 2 is 2.17 bits per heavy atom. The van der Waals surface area contributed by atoms with E-state index in [2.05, 4.69) is 6.58 Å². The summed E-state index contributed by atoms with van der Waals surface area (Å²) in [6.07, 6.45) is 0. The molecule has 1 rings (SSSR count). The summed E-state index contributed by atoms with van der Waals surface area (Å²) in [7, 11) is 0. The lowest BCUT2D eigenvalue weighted by Gasteiger charge is -2.02. The molecule has 12 heavy (non-hydrogen) atoms. The highest BCUT2D eigenvalue weighted by Gasteiger charge is 1.98. The molecule has 0 aliphatic rings. The van der Waals surface area contributed by atoms with E-state index in [1.54, 1.807) is 0 Å². The first-order valence-corrected chi connectivity index (χ1v) is 4.53. The average molecular weight is 181 g/mol. The maximum absolute atomic E-state index is 8.85. The van der Waals surface area contributed by atoms with Gasteiger partial charge in [-0.15, -0.1) is 11.8 Å². The molecule has 0 radical (unpaired) electrons. The molecule has 0 saturated carbocycles. The summed E-state index contributed by atoms with van der Waals surface area (Å²) in [4.78, 5) is 0.979. The summed E-state index contributed by atoms with van der Waals surface area (Å²) in [6.45, 7) is 3.39. The minimum atomic E-state index is 0.170. The largest absolute Gasteiger partial charge is 0.512 e. The summed E-state index contributed by atoms with van der Waals surface area (Å²) in [5.41, 5.74) is 6.41. The molecule has 0 bridgehead atoms. The molecule has 0 unspecified atom stereocenters. The molecule has 3 N–H and O–H groups in total. The van der Waals surface area contributed by atoms with Crippen molar-refractivity contribution in [3.63, 3.8) is 0 Å². The molecule has 0 aliphatic carbocycles. The van der Waals surface area contributed by atoms with E-state index in [9.17, 15) is 0 Å². The third-order valence-corrected chi connectivity index (χ3v) is 2.47. The van der Waals surface area contributed by atoms with Gasteiger partial charge in [0.15, 0.2) is 0 Å². The fourth-order valence-electron chi connectivity index (χ4n) is 0.773. The molecule has 1 aromatic carbocycles. The van der Waals surface area contributed by atoms with E-state index in [-0.39, 0.29) is 5.76 Å². The fraction of sp³-hybridized carbons (Fsp3) is 0.111. The lowest BCUT2D eigenvalue weighted by atomic mass is 10.3. The van der Waals surface area contributed by atoms with E-state index in [0.717, 1.165) is 10.6 Å². The first-order valence-electron chi connectivity index (χ1n) is 3.54. The fourth-order valence-corrected chi connectivity index (χ4v) is 1.50. The zero-order valence-corrected chi connectivity index (χ0v) is 7.47. The van der Waals surface area contributed by atoms with Crippen molar-refractivity contribution in [1.82, 2.24) is 0 Å². The number of rotatable bonds is 3. The molecular formula is C9H11NOS. The molecule has 64 valence electrons. The van der Waals surface area contributed by atoms with E-state index in [0.29, 0.717) is 5.75 Å². The number of aliphatic hydroxyl groups excluding tert-OH is 1. The Morgan fingerprint density at radius 3 is 2.75 bits per heavy atom. The van der Waals surface area contributed by atoms with Crippen LogP contribution < -0.4 is 5.73 Å². The number of hydrogen-bond donors (Lipinski definition) is 2. The molecule has 0 amide bonds. The van der Waals surface area contributed by atoms with Gasteiger partial charge in [-0.05, 0) is 12.1 Å². The maximum Gasteiger partial charge on any atom is 0.0953 e. The highest BCUT2D eigenvalue weighted by molar-refractivity contribution is 7.99. The van der Waals surface area contributed by atoms with Crippen LogP contribution in [0.15, 0.2) is 41.5 Å². The lowest BCUT2D eigenvalue weighted by Crippen LogP contribution is -1.89. The number of thioether (sulfide) groups is 1. The van der Waals surface area contributed by atoms with Crippen molar-refractivity contribution >= 4 is 17.4 Å². The molecule has 0 atom stereocenters. The quantitative estimate of drug-likeness (QED) is 0.427. The number of anilines is 1. The molecule has 2 nitrogen and oxygen atoms in total. The van der Waals surface area contributed by atoms with Crippen LogP contribution in [0.4, 0.5) is 5.69 Å². The SMILES string of the molecule is C=C(O)CSc1ccccc1N. The van der Waals surface area contributed by atoms with Crippen molar-refractivity contribution in [1.29, 1.82) is 0 Å². The van der Waals surface area contributed by atoms with Gasteiger partial charge in [0.1, 0.15) is 0 Å². The third-order valence-electron chi connectivity index (χ3n) is 1.31. The Balaban J connectivity index is 2.63. The molecular weight excluding hydrogens is 170 g/mol. The predicted molar refractivity (Wildman–Crippen MR) is 53.3 cm³/mol. The van der Waals surface area contributed by atoms with Crippen molar-refractivity contribution < 1.29 is 5.11 Å². The number of nitrogen functional groups attached to an aromatic ring is 1. The molecule has 0 heterocycles. The Kier molecular flexibility index (Phi) is 3.05. The Bertz CT molecular complexity index is 286. The van der Waals surface area contributed by atoms with Crippen molar-refractivity contribution in [3.05, 3.63) is 36.6 Å². The molecule has 0 fully saturated rings. The zero-order valence-electron chi connectivity index (χ0n) is 6.66. The predicted octanol–water partition coefficient (Wildman–Crippen LogP) is 2.43. The van der Waals surface area contributed by atoms with Gasteiger partial charge in [0.25, 0.3) is 0 Å². The van der Waals surface area contributed by atoms with E-state index < -0.39 is 0 Å². The van der Waals surface area contributed by atoms with Crippen LogP contribution >= 0.6 is 11.8 Å². The molecule has 0 saturated heterocycles. The van der Waals surface area contributed by atoms with E-state index in [4.69, 9.17) is 10.8 Å². The third kappa shape index (κ3) is 2.51. The average Bonchev–Trinajstić information content (AvgIpc) is 2.03. The normalized spacial score (nSPS) is 9.67. The van der Waals surface area contributed by atoms with Gasteiger partial charge in [-0.1, -0.05) is 18.7 Å². The first kappa shape index (κ1) is 9.00. The first-order chi connectivity index (χ1) is 5.70. The van der Waals surface area contributed by atoms with Gasteiger partial charge in [0, 0.05) is 10.6 Å². The second-order valence-corrected chi connectivity index (χ2v) is 3.41. The van der Waals surface area contributed by atoms with Crippen LogP contribution in [0, 0.1) is 0 Å². The Hall–Kier alpha value is -1.09. The van der Waals surface area contributed by atoms with Crippen LogP contribution in [0.3, 0.4) is 0 Å². The van der Waals surface area contributed by atoms with Gasteiger partial charge in [-0.3, -0.25) is 0 Å². The lowest BCUT2D eigenvalue weighted by molar-refractivity contribution is 0.420. The second-order valence-electron chi connectivity index (χ2n) is 2.39. The Morgan fingerprint density at radius 1 is 1.50 bits per heavy atom. The minimum absolute atomic E-state index is 0.170. The van der Waals surface area contributed by atoms with Crippen LogP contribution in [0.25, 0.3) is 0 Å². The molecule has 0 aliphatic heterocycles. The van der Waals surface area contributed by atoms with Gasteiger partial charge in [-0.2, -0.15) is 0 Å². The number of para-hydroxylation sites is 1. The smallest absolute Gasteiger partial charge is 0.0953 e. The van der Waals surface area contributed by atoms with Crippen LogP contribution in [-0.4, -0.2) is 10.9 Å². The van der Waals surface area contributed by atoms with Crippen molar-refractivity contribution in [2.75, 3.05) is 11.5 Å². The second kappa shape index (κ2) is 4.07. The number of hydrogen-bond acceptors (Lipinski definition) is 3. The summed E-state index contributed by atoms with van der Waals surface area (Å²) >= 11 is 1.48. The number of benzene rings is 1. The minimum Gasteiger partial charge on any atom is -0.512 e. The number of nitrogens with two attached hydrogens (primary N) is 1. The summed E-state index contributed by atoms with van der Waals surface area (Å²) in [6, 6.07) is 7.55. The highest BCUT2D eigenvalue weighted by atomic mass is 32.2. The van der Waals surface area contributed by atoms with Crippen molar-refractivity contribution in [2.45, 2.75) is 4.90 Å². The van der Waals surface area contributed by atoms with E-state index >= 15 is 0 Å². The van der Waals surface area contributed by atoms with Gasteiger partial charge in [0.05, 0.1) is 11.5 Å². The van der Waals surface area contributed by atoms with Crippen molar-refractivity contribution in [2.24, 2.45) is 0 Å². The van der Waals surface area contributed by atoms with E-state index in [1.807, 2.05) is 24.3 Å². The van der Waals surface area contributed by atoms with Gasteiger partial charge in [-0.25, -0.2) is 0 Å². The molecule has 1 aromatic rings. The van der Waals surface area contributed by atoms with E-state index in [1.165, 1.54) is 11.8 Å². The van der Waals surface area contributed by atoms with Gasteiger partial charge in [0.2, 0.25) is 0 Å². The molecule has 0 aromatic heterocycles. The molecule has 0 spiro atoms. The maximum atomic E-state index is 8.85. The summed E-state index contributed by atoms with van der Waals surface area (Å²) in [5, 5.41) is 8.85. The van der Waals surface area contributed by atoms with Gasteiger partial charge < -0.3 is 10.8 Å². The monoisotopic (exact) mass is 181 g/mol. The zero-order chi connectivity index (χ0) is 8.97. The van der Waals surface area contributed by atoms with Crippen LogP contribution in [0.1, 0.15) is 0 Å². The Labute approximate surface area is 76.1 Å². The summed E-state index contributed by atoms with van der Waals surface area (Å²) in [5.74, 6) is 0.664. The van der Waals surface area contributed by atoms with Crippen LogP contribution in [0.2, 0.25) is 0 Å². The highest BCUT2D eigenvalue weighted by Crippen LogP contribution is 2.24. The standard InChI is InChI=1S/C9H11NOS/c1-7(11)6-12-9-5-3-2-4-8(9)10/h2-5,11H,1,6,10H2. The summed E-state index contributed by atoms with van der Waals surface area (Å²) < 4.78 is 0.